The average Bonchev–Trinajstić information content (AvgIpc) is 3.18. The molecule has 13 nitrogen and oxygen atoms in total. The first-order valence-corrected chi connectivity index (χ1v) is 20.7. The number of nitrogens with zero attached hydrogens (tertiary/aromatic N) is 4. The van der Waals surface area contributed by atoms with E-state index in [4.69, 9.17) is 30.4 Å². The van der Waals surface area contributed by atoms with Gasteiger partial charge in [0, 0.05) is 73.4 Å². The monoisotopic (exact) mass is 787 g/mol. The number of cyclic esters (lactones) is 1. The summed E-state index contributed by atoms with van der Waals surface area (Å²) in [5.74, 6) is -2.58. The van der Waals surface area contributed by atoms with E-state index >= 15 is 0 Å². The molecule has 12 atom stereocenters. The molecule has 1 aromatic rings. The molecule has 3 heterocycles. The summed E-state index contributed by atoms with van der Waals surface area (Å²) >= 11 is 0. The van der Waals surface area contributed by atoms with Gasteiger partial charge in [-0.25, -0.2) is 4.98 Å². The van der Waals surface area contributed by atoms with Crippen LogP contribution in [0, 0.1) is 29.6 Å². The molecule has 1 aromatic heterocycles. The molecule has 2 saturated heterocycles. The Bertz CT molecular complexity index is 1460. The molecule has 4 N–H and O–H groups in total. The summed E-state index contributed by atoms with van der Waals surface area (Å²) in [7, 11) is 9.65. The van der Waals surface area contributed by atoms with Gasteiger partial charge in [-0.3, -0.25) is 14.4 Å². The van der Waals surface area contributed by atoms with Crippen molar-refractivity contribution in [3.8, 4) is 5.88 Å². The number of ether oxygens (including phenoxy) is 4. The number of carbonyl (C=O) groups is 3. The first kappa shape index (κ1) is 47.3. The maximum atomic E-state index is 14.3. The van der Waals surface area contributed by atoms with Crippen molar-refractivity contribution in [2.45, 2.75) is 137 Å². The zero-order valence-electron chi connectivity index (χ0n) is 36.6. The highest BCUT2D eigenvalue weighted by molar-refractivity contribution is 6.00. The SMILES string of the molecule is CC[C@@H]1C[C@H](N(C)CCCCN(C)/C(C)=C(\N)c2ccc(OC)nc2)[C@@H](C)C(=O)[C@H](C)C[C@H](C)[C@H](O[C@@H]2O[C@H](C)C[C@H](N(C)C)[C@H]2N)[C@@H](C)C(=O)[C@@H](C)C(=O)O1. The minimum absolute atomic E-state index is 0.0299. The predicted octanol–water partition coefficient (Wildman–Crippen LogP) is 4.96. The summed E-state index contributed by atoms with van der Waals surface area (Å²) in [4.78, 5) is 52.7. The van der Waals surface area contributed by atoms with Gasteiger partial charge in [0.1, 0.15) is 17.8 Å². The number of esters is 1. The number of Topliss-reactive ketones (excluding diaryl/α,β-unsaturated/α-hetero) is 2. The lowest BCUT2D eigenvalue weighted by Crippen LogP contribution is -2.60. The summed E-state index contributed by atoms with van der Waals surface area (Å²) in [5.41, 5.74) is 15.7. The van der Waals surface area contributed by atoms with E-state index in [1.165, 1.54) is 0 Å². The van der Waals surface area contributed by atoms with Crippen molar-refractivity contribution in [1.29, 1.82) is 0 Å². The zero-order chi connectivity index (χ0) is 42.0. The molecule has 0 saturated carbocycles. The Morgan fingerprint density at radius 1 is 0.911 bits per heavy atom. The van der Waals surface area contributed by atoms with E-state index in [-0.39, 0.29) is 47.5 Å². The second kappa shape index (κ2) is 21.6. The third kappa shape index (κ3) is 12.2. The molecule has 0 spiro atoms. The summed E-state index contributed by atoms with van der Waals surface area (Å²) in [6.45, 7) is 17.0. The highest BCUT2D eigenvalue weighted by Crippen LogP contribution is 2.34. The molecule has 3 rings (SSSR count). The first-order valence-electron chi connectivity index (χ1n) is 20.7. The average molecular weight is 787 g/mol. The number of nitrogens with two attached hydrogens (primary N) is 2. The van der Waals surface area contributed by atoms with Crippen molar-refractivity contribution < 1.29 is 33.3 Å². The number of likely N-dealkylation sites (N-methyl/N-ethyl adjacent to an activating group) is 1. The van der Waals surface area contributed by atoms with Crippen LogP contribution in [0.1, 0.15) is 99.5 Å². The van der Waals surface area contributed by atoms with Gasteiger partial charge in [-0.1, -0.05) is 34.6 Å². The molecule has 2 aliphatic heterocycles. The third-order valence-electron chi connectivity index (χ3n) is 12.5. The molecule has 318 valence electrons. The second-order valence-electron chi connectivity index (χ2n) is 16.9. The number of aromatic nitrogens is 1. The number of methoxy groups -OCH3 is 1. The van der Waals surface area contributed by atoms with Crippen LogP contribution in [0.3, 0.4) is 0 Å². The Balaban J connectivity index is 1.79. The van der Waals surface area contributed by atoms with E-state index in [9.17, 15) is 14.4 Å². The van der Waals surface area contributed by atoms with Gasteiger partial charge in [-0.2, -0.15) is 0 Å². The van der Waals surface area contributed by atoms with E-state index in [1.807, 2.05) is 68.8 Å². The predicted molar refractivity (Wildman–Crippen MR) is 220 cm³/mol. The van der Waals surface area contributed by atoms with E-state index in [1.54, 1.807) is 33.2 Å². The molecule has 0 aliphatic carbocycles. The molecule has 0 unspecified atom stereocenters. The zero-order valence-corrected chi connectivity index (χ0v) is 36.6. The van der Waals surface area contributed by atoms with Crippen molar-refractivity contribution in [2.24, 2.45) is 41.1 Å². The van der Waals surface area contributed by atoms with Crippen molar-refractivity contribution in [3.05, 3.63) is 29.6 Å². The quantitative estimate of drug-likeness (QED) is 0.157. The number of carbonyl (C=O) groups excluding carboxylic acids is 3. The van der Waals surface area contributed by atoms with Crippen LogP contribution in [0.2, 0.25) is 0 Å². The highest BCUT2D eigenvalue weighted by Gasteiger charge is 2.44. The molecule has 56 heavy (non-hydrogen) atoms. The Morgan fingerprint density at radius 2 is 1.57 bits per heavy atom. The van der Waals surface area contributed by atoms with E-state index < -0.39 is 42.3 Å². The van der Waals surface area contributed by atoms with E-state index in [0.29, 0.717) is 30.8 Å². The van der Waals surface area contributed by atoms with Gasteiger partial charge in [0.25, 0.3) is 0 Å². The lowest BCUT2D eigenvalue weighted by atomic mass is 9.78. The van der Waals surface area contributed by atoms with Gasteiger partial charge in [0.05, 0.1) is 31.1 Å². The van der Waals surface area contributed by atoms with Gasteiger partial charge in [0.15, 0.2) is 12.1 Å². The van der Waals surface area contributed by atoms with Crippen LogP contribution in [0.4, 0.5) is 0 Å². The van der Waals surface area contributed by atoms with Gasteiger partial charge in [0.2, 0.25) is 5.88 Å². The number of rotatable bonds is 13. The molecule has 13 heteroatoms. The first-order chi connectivity index (χ1) is 26.3. The fourth-order valence-electron chi connectivity index (χ4n) is 8.47. The molecule has 0 bridgehead atoms. The standard InChI is InChI=1S/C43H74N6O7/c1-14-33-23-34(49(12)20-16-15-19-48(11)31(8)37(44)32-17-18-36(53-13)46-24-32)28(5)39(50)25(2)21-26(3)41(29(6)40(51)30(7)42(52)55-33)56-43-38(45)35(47(9)10)22-27(4)54-43/h17-18,24-30,33-35,38,41,43H,14-16,19-23,44-45H2,1-13H3/b37-31-/t25-,26+,27-,28-,29+,30-,33-,34+,35+,38-,41+,43+/m1/s1. The van der Waals surface area contributed by atoms with E-state index in [2.05, 4.69) is 26.7 Å². The summed E-state index contributed by atoms with van der Waals surface area (Å²) in [6, 6.07) is 3.11. The number of pyridine rings is 1. The molecular weight excluding hydrogens is 713 g/mol. The van der Waals surface area contributed by atoms with Crippen molar-refractivity contribution in [2.75, 3.05) is 48.4 Å². The van der Waals surface area contributed by atoms with E-state index in [0.717, 1.165) is 43.6 Å². The molecule has 0 radical (unpaired) electrons. The molecule has 0 aromatic carbocycles. The Hall–Kier alpha value is -3.10. The second-order valence-corrected chi connectivity index (χ2v) is 16.9. The lowest BCUT2D eigenvalue weighted by Gasteiger charge is -2.44. The normalized spacial score (nSPS) is 33.2. The summed E-state index contributed by atoms with van der Waals surface area (Å²) < 4.78 is 24.2. The van der Waals surface area contributed by atoms with Crippen molar-refractivity contribution in [1.82, 2.24) is 19.7 Å². The molecular formula is C43H74N6O7. The Morgan fingerprint density at radius 3 is 2.16 bits per heavy atom. The Kier molecular flexibility index (Phi) is 18.2. The minimum Gasteiger partial charge on any atom is -0.481 e. The molecule has 0 amide bonds. The smallest absolute Gasteiger partial charge is 0.316 e. The minimum atomic E-state index is -0.980. The van der Waals surface area contributed by atoms with Gasteiger partial charge in [-0.05, 0) is 92.5 Å². The van der Waals surface area contributed by atoms with Crippen LogP contribution in [0.25, 0.3) is 5.70 Å². The number of hydrogen-bond acceptors (Lipinski definition) is 13. The van der Waals surface area contributed by atoms with Crippen LogP contribution in [0.5, 0.6) is 5.88 Å². The van der Waals surface area contributed by atoms with Crippen LogP contribution in [-0.2, 0) is 28.6 Å². The van der Waals surface area contributed by atoms with Crippen LogP contribution in [0.15, 0.2) is 24.0 Å². The summed E-state index contributed by atoms with van der Waals surface area (Å²) in [6.07, 6.45) is 3.92. The number of unbranched alkanes of at least 4 members (excludes halogenated alkanes) is 1. The largest absolute Gasteiger partial charge is 0.481 e. The van der Waals surface area contributed by atoms with Crippen LogP contribution in [-0.4, -0.2) is 128 Å². The maximum absolute atomic E-state index is 14.3. The van der Waals surface area contributed by atoms with Crippen molar-refractivity contribution in [3.63, 3.8) is 0 Å². The van der Waals surface area contributed by atoms with Crippen LogP contribution >= 0.6 is 0 Å². The van der Waals surface area contributed by atoms with Crippen molar-refractivity contribution >= 4 is 23.2 Å². The van der Waals surface area contributed by atoms with Crippen LogP contribution < -0.4 is 16.2 Å². The van der Waals surface area contributed by atoms with Gasteiger partial charge >= 0.3 is 5.97 Å². The number of hydrogen-bond donors (Lipinski definition) is 2. The fraction of sp³-hybridized carbons (Fsp3) is 0.767. The fourth-order valence-corrected chi connectivity index (χ4v) is 8.47. The highest BCUT2D eigenvalue weighted by atomic mass is 16.7. The third-order valence-corrected chi connectivity index (χ3v) is 12.5. The summed E-state index contributed by atoms with van der Waals surface area (Å²) in [5, 5.41) is 0. The Labute approximate surface area is 337 Å². The topological polar surface area (TPSA) is 163 Å². The lowest BCUT2D eigenvalue weighted by molar-refractivity contribution is -0.244. The molecule has 2 aliphatic rings. The molecule has 2 fully saturated rings. The van der Waals surface area contributed by atoms with Gasteiger partial charge in [-0.15, -0.1) is 0 Å². The van der Waals surface area contributed by atoms with Gasteiger partial charge < -0.3 is 45.1 Å². The number of allylic oxidation sites excluding steroid dienone is 1. The maximum Gasteiger partial charge on any atom is 0.316 e. The number of ketones is 2.